The van der Waals surface area contributed by atoms with Gasteiger partial charge < -0.3 is 20.4 Å². The normalized spacial score (nSPS) is 19.2. The van der Waals surface area contributed by atoms with E-state index in [1.807, 2.05) is 0 Å². The number of hydrogen-bond donors (Lipinski definition) is 4. The van der Waals surface area contributed by atoms with E-state index >= 15 is 0 Å². The molecule has 0 saturated carbocycles. The van der Waals surface area contributed by atoms with Gasteiger partial charge >= 0.3 is 0 Å². The van der Waals surface area contributed by atoms with Gasteiger partial charge in [-0.05, 0) is 32.8 Å². The molecule has 5 N–H and O–H groups in total. The summed E-state index contributed by atoms with van der Waals surface area (Å²) in [7, 11) is 0. The SMILES string of the molecule is CC(N)(O)c1cn(C2(CC#N)CCN(C(=O)C(C)(O)C(F)F)CC2)nc1Nc1ccnc(F)c1. The minimum Gasteiger partial charge on any atom is -0.375 e. The standard InChI is InChI=1S/C21H26F3N7O3/c1-19(33,17(23)24)18(32)30-9-5-21(4-7-25,6-10-30)31-12-14(20(2,26)34)16(29-31)28-13-3-8-27-15(22)11-13/h3,8,11-12,17,33-34H,4-6,9-10,26H2,1-2H3,(H,27,28,29). The number of halogens is 3. The van der Waals surface area contributed by atoms with E-state index in [9.17, 15) is 33.4 Å². The van der Waals surface area contributed by atoms with Crippen LogP contribution in [0.3, 0.4) is 0 Å². The van der Waals surface area contributed by atoms with Crippen LogP contribution in [0.1, 0.15) is 38.7 Å². The van der Waals surface area contributed by atoms with Crippen molar-refractivity contribution in [1.29, 1.82) is 5.26 Å². The molecule has 0 radical (unpaired) electrons. The molecule has 184 valence electrons. The fraction of sp³-hybridized carbons (Fsp3) is 0.524. The largest absolute Gasteiger partial charge is 0.375 e. The minimum atomic E-state index is -3.25. The molecule has 0 bridgehead atoms. The van der Waals surface area contributed by atoms with Gasteiger partial charge in [-0.3, -0.25) is 15.2 Å². The van der Waals surface area contributed by atoms with Crippen LogP contribution in [0.5, 0.6) is 0 Å². The van der Waals surface area contributed by atoms with Crippen LogP contribution in [-0.2, 0) is 16.1 Å². The Balaban J connectivity index is 1.92. The maximum Gasteiger partial charge on any atom is 0.275 e. The number of nitrogens with zero attached hydrogens (tertiary/aromatic N) is 5. The maximum atomic E-state index is 13.5. The van der Waals surface area contributed by atoms with Crippen molar-refractivity contribution in [1.82, 2.24) is 19.7 Å². The van der Waals surface area contributed by atoms with Crippen molar-refractivity contribution in [2.75, 3.05) is 18.4 Å². The molecule has 3 rings (SSSR count). The summed E-state index contributed by atoms with van der Waals surface area (Å²) >= 11 is 0. The monoisotopic (exact) mass is 481 g/mol. The molecule has 0 aliphatic carbocycles. The first kappa shape index (κ1) is 25.4. The number of aliphatic hydroxyl groups is 2. The number of nitrogens with one attached hydrogen (secondary N) is 1. The molecule has 2 atom stereocenters. The van der Waals surface area contributed by atoms with Gasteiger partial charge in [0.15, 0.2) is 5.82 Å². The second kappa shape index (κ2) is 9.21. The Bertz CT molecular complexity index is 1080. The number of hydrogen-bond acceptors (Lipinski definition) is 8. The van der Waals surface area contributed by atoms with Crippen LogP contribution in [0, 0.1) is 17.3 Å². The van der Waals surface area contributed by atoms with Gasteiger partial charge in [0.1, 0.15) is 5.72 Å². The Morgan fingerprint density at radius 2 is 2.03 bits per heavy atom. The lowest BCUT2D eigenvalue weighted by atomic mass is 9.84. The number of pyridine rings is 1. The lowest BCUT2D eigenvalue weighted by molar-refractivity contribution is -0.167. The molecule has 2 aromatic rings. The Morgan fingerprint density at radius 3 is 2.56 bits per heavy atom. The van der Waals surface area contributed by atoms with E-state index in [1.165, 1.54) is 30.1 Å². The van der Waals surface area contributed by atoms with Gasteiger partial charge in [0.25, 0.3) is 12.3 Å². The molecule has 1 saturated heterocycles. The first-order valence-electron chi connectivity index (χ1n) is 10.5. The summed E-state index contributed by atoms with van der Waals surface area (Å²) in [6.07, 6.45) is -0.238. The fourth-order valence-electron chi connectivity index (χ4n) is 3.87. The Hall–Kier alpha value is -3.21. The minimum absolute atomic E-state index is 0.00405. The lowest BCUT2D eigenvalue weighted by Crippen LogP contribution is -2.56. The molecule has 0 aromatic carbocycles. The summed E-state index contributed by atoms with van der Waals surface area (Å²) < 4.78 is 41.2. The Labute approximate surface area is 193 Å². The average Bonchev–Trinajstić information content (AvgIpc) is 3.19. The first-order chi connectivity index (χ1) is 15.8. The van der Waals surface area contributed by atoms with Crippen LogP contribution in [0.2, 0.25) is 0 Å². The number of aromatic nitrogens is 3. The van der Waals surface area contributed by atoms with Gasteiger partial charge in [-0.15, -0.1) is 0 Å². The van der Waals surface area contributed by atoms with E-state index in [4.69, 9.17) is 5.73 Å². The molecule has 1 aliphatic rings. The van der Waals surface area contributed by atoms with E-state index in [2.05, 4.69) is 21.5 Å². The third-order valence-electron chi connectivity index (χ3n) is 5.98. The molecule has 13 heteroatoms. The molecule has 1 fully saturated rings. The Morgan fingerprint density at radius 1 is 1.38 bits per heavy atom. The summed E-state index contributed by atoms with van der Waals surface area (Å²) in [6, 6.07) is 4.70. The Kier molecular flexibility index (Phi) is 6.88. The first-order valence-corrected chi connectivity index (χ1v) is 10.5. The number of rotatable bonds is 7. The zero-order chi connectivity index (χ0) is 25.3. The number of nitriles is 1. The van der Waals surface area contributed by atoms with E-state index in [0.717, 1.165) is 17.9 Å². The second-order valence-electron chi connectivity index (χ2n) is 8.78. The third-order valence-corrected chi connectivity index (χ3v) is 5.98. The van der Waals surface area contributed by atoms with Gasteiger partial charge in [-0.1, -0.05) is 0 Å². The number of carbonyl (C=O) groups is 1. The average molecular weight is 481 g/mol. The highest BCUT2D eigenvalue weighted by atomic mass is 19.3. The van der Waals surface area contributed by atoms with Gasteiger partial charge in [-0.25, -0.2) is 13.8 Å². The number of alkyl halides is 2. The van der Waals surface area contributed by atoms with E-state index in [0.29, 0.717) is 5.69 Å². The van der Waals surface area contributed by atoms with Crippen LogP contribution in [0.4, 0.5) is 24.7 Å². The number of likely N-dealkylation sites (tertiary alicyclic amines) is 1. The summed E-state index contributed by atoms with van der Waals surface area (Å²) in [5.41, 5.74) is 0.769. The summed E-state index contributed by atoms with van der Waals surface area (Å²) in [6.45, 7) is 2.09. The fourth-order valence-corrected chi connectivity index (χ4v) is 3.87. The lowest BCUT2D eigenvalue weighted by Gasteiger charge is -2.42. The number of nitrogens with two attached hydrogens (primary N) is 1. The highest BCUT2D eigenvalue weighted by Crippen LogP contribution is 2.37. The predicted octanol–water partition coefficient (Wildman–Crippen LogP) is 1.53. The molecule has 1 aliphatic heterocycles. The van der Waals surface area contributed by atoms with Crippen LogP contribution < -0.4 is 11.1 Å². The number of piperidine rings is 1. The summed E-state index contributed by atoms with van der Waals surface area (Å²) in [4.78, 5) is 17.0. The highest BCUT2D eigenvalue weighted by molar-refractivity contribution is 5.85. The van der Waals surface area contributed by atoms with Crippen LogP contribution >= 0.6 is 0 Å². The third kappa shape index (κ3) is 4.98. The van der Waals surface area contributed by atoms with E-state index in [1.54, 1.807) is 0 Å². The zero-order valence-corrected chi connectivity index (χ0v) is 18.7. The van der Waals surface area contributed by atoms with Crippen molar-refractivity contribution in [3.8, 4) is 6.07 Å². The van der Waals surface area contributed by atoms with E-state index in [-0.39, 0.29) is 43.7 Å². The predicted molar refractivity (Wildman–Crippen MR) is 114 cm³/mol. The molecule has 10 nitrogen and oxygen atoms in total. The van der Waals surface area contributed by atoms with Gasteiger partial charge in [-0.2, -0.15) is 14.8 Å². The second-order valence-corrected chi connectivity index (χ2v) is 8.78. The summed E-state index contributed by atoms with van der Waals surface area (Å²) in [5.74, 6) is -1.71. The van der Waals surface area contributed by atoms with Gasteiger partial charge in [0.2, 0.25) is 11.5 Å². The van der Waals surface area contributed by atoms with Crippen molar-refractivity contribution in [2.24, 2.45) is 5.73 Å². The van der Waals surface area contributed by atoms with Crippen molar-refractivity contribution in [3.05, 3.63) is 36.0 Å². The quantitative estimate of drug-likeness (QED) is 0.343. The maximum absolute atomic E-state index is 13.5. The highest BCUT2D eigenvalue weighted by Gasteiger charge is 2.46. The van der Waals surface area contributed by atoms with Crippen molar-refractivity contribution in [2.45, 2.75) is 56.4 Å². The zero-order valence-electron chi connectivity index (χ0n) is 18.7. The van der Waals surface area contributed by atoms with E-state index < -0.39 is 35.1 Å². The molecule has 34 heavy (non-hydrogen) atoms. The molecular formula is C21H26F3N7O3. The molecule has 2 aromatic heterocycles. The van der Waals surface area contributed by atoms with Crippen molar-refractivity contribution >= 4 is 17.4 Å². The van der Waals surface area contributed by atoms with Crippen LogP contribution in [0.25, 0.3) is 0 Å². The van der Waals surface area contributed by atoms with Crippen LogP contribution in [-0.4, -0.2) is 60.9 Å². The van der Waals surface area contributed by atoms with Crippen molar-refractivity contribution in [3.63, 3.8) is 0 Å². The molecule has 2 unspecified atom stereocenters. The van der Waals surface area contributed by atoms with Crippen molar-refractivity contribution < 1.29 is 28.2 Å². The van der Waals surface area contributed by atoms with Gasteiger partial charge in [0, 0.05) is 37.2 Å². The molecule has 0 spiro atoms. The molecule has 1 amide bonds. The number of amides is 1. The van der Waals surface area contributed by atoms with Gasteiger partial charge in [0.05, 0.1) is 23.6 Å². The summed E-state index contributed by atoms with van der Waals surface area (Å²) in [5, 5.41) is 37.1. The number of carbonyl (C=O) groups excluding carboxylic acids is 1. The molecule has 3 heterocycles. The topological polar surface area (TPSA) is 153 Å². The smallest absolute Gasteiger partial charge is 0.275 e. The molecular weight excluding hydrogens is 455 g/mol. The van der Waals surface area contributed by atoms with Crippen LogP contribution in [0.15, 0.2) is 24.5 Å². The number of anilines is 2.